The predicted molar refractivity (Wildman–Crippen MR) is 69.4 cm³/mol. The van der Waals surface area contributed by atoms with Gasteiger partial charge in [-0.15, -0.1) is 0 Å². The lowest BCUT2D eigenvalue weighted by molar-refractivity contribution is 0.0874. The third kappa shape index (κ3) is 4.03. The standard InChI is InChI=1S/C12H20N4O/c1-4-16(8-12(2,3)17)10-7-9(11(13)14)5-6-15-10/h5-7,17H,4,8H2,1-3H3,(H3,13,14). The maximum absolute atomic E-state index is 9.82. The third-order valence-corrected chi connectivity index (χ3v) is 2.34. The number of nitrogens with one attached hydrogen (secondary N) is 1. The van der Waals surface area contributed by atoms with Gasteiger partial charge in [-0.25, -0.2) is 4.98 Å². The molecule has 0 unspecified atom stereocenters. The summed E-state index contributed by atoms with van der Waals surface area (Å²) in [5.41, 5.74) is 5.29. The number of anilines is 1. The Morgan fingerprint density at radius 3 is 2.71 bits per heavy atom. The molecule has 17 heavy (non-hydrogen) atoms. The van der Waals surface area contributed by atoms with Gasteiger partial charge < -0.3 is 15.7 Å². The summed E-state index contributed by atoms with van der Waals surface area (Å²) in [6.45, 7) is 6.72. The number of likely N-dealkylation sites (N-methyl/N-ethyl adjacent to an activating group) is 1. The molecule has 0 saturated carbocycles. The van der Waals surface area contributed by atoms with Gasteiger partial charge >= 0.3 is 0 Å². The summed E-state index contributed by atoms with van der Waals surface area (Å²) >= 11 is 0. The number of nitrogens with zero attached hydrogens (tertiary/aromatic N) is 2. The Morgan fingerprint density at radius 2 is 2.24 bits per heavy atom. The SMILES string of the molecule is CCN(CC(C)(C)O)c1cc(C(=N)N)ccn1. The van der Waals surface area contributed by atoms with Crippen molar-refractivity contribution in [3.63, 3.8) is 0 Å². The van der Waals surface area contributed by atoms with E-state index in [4.69, 9.17) is 11.1 Å². The largest absolute Gasteiger partial charge is 0.389 e. The summed E-state index contributed by atoms with van der Waals surface area (Å²) in [6, 6.07) is 3.46. The Bertz CT molecular complexity index is 398. The second-order valence-electron chi connectivity index (χ2n) is 4.64. The molecule has 0 fully saturated rings. The first-order chi connectivity index (χ1) is 7.83. The van der Waals surface area contributed by atoms with Gasteiger partial charge in [0.15, 0.2) is 0 Å². The van der Waals surface area contributed by atoms with Gasteiger partial charge in [-0.3, -0.25) is 5.41 Å². The number of amidine groups is 1. The second kappa shape index (κ2) is 5.14. The summed E-state index contributed by atoms with van der Waals surface area (Å²) in [5.74, 6) is 0.746. The van der Waals surface area contributed by atoms with E-state index in [1.54, 1.807) is 32.2 Å². The molecule has 0 aliphatic heterocycles. The summed E-state index contributed by atoms with van der Waals surface area (Å²) in [6.07, 6.45) is 1.62. The summed E-state index contributed by atoms with van der Waals surface area (Å²) < 4.78 is 0. The molecule has 4 N–H and O–H groups in total. The minimum absolute atomic E-state index is 0.0213. The molecule has 0 spiro atoms. The zero-order valence-corrected chi connectivity index (χ0v) is 10.6. The molecule has 0 atom stereocenters. The predicted octanol–water partition coefficient (Wildman–Crippen LogP) is 0.963. The van der Waals surface area contributed by atoms with Crippen LogP contribution in [0.25, 0.3) is 0 Å². The van der Waals surface area contributed by atoms with Gasteiger partial charge in [0.1, 0.15) is 11.7 Å². The van der Waals surface area contributed by atoms with Crippen LogP contribution in [0, 0.1) is 5.41 Å². The molecule has 0 bridgehead atoms. The van der Waals surface area contributed by atoms with Gasteiger partial charge in [-0.2, -0.15) is 0 Å². The van der Waals surface area contributed by atoms with Crippen LogP contribution in [-0.2, 0) is 0 Å². The molecule has 1 heterocycles. The monoisotopic (exact) mass is 236 g/mol. The molecule has 0 amide bonds. The third-order valence-electron chi connectivity index (χ3n) is 2.34. The van der Waals surface area contributed by atoms with Crippen molar-refractivity contribution >= 4 is 11.7 Å². The van der Waals surface area contributed by atoms with Crippen molar-refractivity contribution in [1.29, 1.82) is 5.41 Å². The summed E-state index contributed by atoms with van der Waals surface area (Å²) in [4.78, 5) is 6.19. The van der Waals surface area contributed by atoms with Gasteiger partial charge in [0, 0.05) is 24.8 Å². The molecule has 0 radical (unpaired) electrons. The highest BCUT2D eigenvalue weighted by atomic mass is 16.3. The maximum atomic E-state index is 9.82. The molecule has 0 aliphatic rings. The first kappa shape index (κ1) is 13.4. The molecule has 1 aromatic heterocycles. The van der Waals surface area contributed by atoms with Crippen molar-refractivity contribution in [3.05, 3.63) is 23.9 Å². The summed E-state index contributed by atoms with van der Waals surface area (Å²) in [7, 11) is 0. The second-order valence-corrected chi connectivity index (χ2v) is 4.64. The van der Waals surface area contributed by atoms with Gasteiger partial charge in [0.25, 0.3) is 0 Å². The highest BCUT2D eigenvalue weighted by Gasteiger charge is 2.18. The van der Waals surface area contributed by atoms with Crippen LogP contribution in [0.15, 0.2) is 18.3 Å². The molecule has 1 rings (SSSR count). The topological polar surface area (TPSA) is 86.2 Å². The van der Waals surface area contributed by atoms with Crippen molar-refractivity contribution in [3.8, 4) is 0 Å². The molecular formula is C12H20N4O. The number of aliphatic hydroxyl groups is 1. The molecular weight excluding hydrogens is 216 g/mol. The van der Waals surface area contributed by atoms with E-state index in [0.717, 1.165) is 12.4 Å². The van der Waals surface area contributed by atoms with Crippen LogP contribution in [0.1, 0.15) is 26.3 Å². The lowest BCUT2D eigenvalue weighted by atomic mass is 10.1. The van der Waals surface area contributed by atoms with Crippen LogP contribution in [0.3, 0.4) is 0 Å². The van der Waals surface area contributed by atoms with Crippen molar-refractivity contribution in [2.75, 3.05) is 18.0 Å². The van der Waals surface area contributed by atoms with Gasteiger partial charge in [0.2, 0.25) is 0 Å². The number of rotatable bonds is 5. The van der Waals surface area contributed by atoms with Crippen LogP contribution in [-0.4, -0.2) is 34.6 Å². The maximum Gasteiger partial charge on any atom is 0.129 e. The van der Waals surface area contributed by atoms with E-state index in [1.807, 2.05) is 11.8 Å². The van der Waals surface area contributed by atoms with E-state index in [1.165, 1.54) is 0 Å². The summed E-state index contributed by atoms with van der Waals surface area (Å²) in [5, 5.41) is 17.2. The first-order valence-corrected chi connectivity index (χ1v) is 5.61. The van der Waals surface area contributed by atoms with E-state index in [2.05, 4.69) is 4.98 Å². The Balaban J connectivity index is 2.96. The van der Waals surface area contributed by atoms with Crippen molar-refractivity contribution in [1.82, 2.24) is 4.98 Å². The van der Waals surface area contributed by atoms with Crippen molar-refractivity contribution < 1.29 is 5.11 Å². The highest BCUT2D eigenvalue weighted by Crippen LogP contribution is 2.15. The number of aromatic nitrogens is 1. The fourth-order valence-electron chi connectivity index (χ4n) is 1.58. The Hall–Kier alpha value is -1.62. The number of hydrogen-bond acceptors (Lipinski definition) is 4. The molecule has 0 aromatic carbocycles. The van der Waals surface area contributed by atoms with E-state index in [-0.39, 0.29) is 5.84 Å². The van der Waals surface area contributed by atoms with E-state index in [0.29, 0.717) is 12.1 Å². The number of pyridine rings is 1. The molecule has 1 aromatic rings. The fraction of sp³-hybridized carbons (Fsp3) is 0.500. The molecule has 5 nitrogen and oxygen atoms in total. The first-order valence-electron chi connectivity index (χ1n) is 5.61. The fourth-order valence-corrected chi connectivity index (χ4v) is 1.58. The van der Waals surface area contributed by atoms with Crippen LogP contribution in [0.2, 0.25) is 0 Å². The van der Waals surface area contributed by atoms with Crippen LogP contribution < -0.4 is 10.6 Å². The quantitative estimate of drug-likeness (QED) is 0.525. The molecule has 0 aliphatic carbocycles. The number of nitrogens with two attached hydrogens (primary N) is 1. The van der Waals surface area contributed by atoms with Gasteiger partial charge in [-0.1, -0.05) is 0 Å². The molecule has 94 valence electrons. The van der Waals surface area contributed by atoms with E-state index >= 15 is 0 Å². The lowest BCUT2D eigenvalue weighted by Crippen LogP contribution is -2.39. The van der Waals surface area contributed by atoms with Crippen molar-refractivity contribution in [2.24, 2.45) is 5.73 Å². The van der Waals surface area contributed by atoms with Crippen LogP contribution >= 0.6 is 0 Å². The smallest absolute Gasteiger partial charge is 0.129 e. The Labute approximate surface area is 102 Å². The number of nitrogen functional groups attached to an aromatic ring is 1. The number of hydrogen-bond donors (Lipinski definition) is 3. The van der Waals surface area contributed by atoms with Crippen LogP contribution in [0.4, 0.5) is 5.82 Å². The molecule has 5 heteroatoms. The lowest BCUT2D eigenvalue weighted by Gasteiger charge is -2.29. The minimum atomic E-state index is -0.788. The Morgan fingerprint density at radius 1 is 1.59 bits per heavy atom. The average molecular weight is 236 g/mol. The van der Waals surface area contributed by atoms with Crippen molar-refractivity contribution in [2.45, 2.75) is 26.4 Å². The van der Waals surface area contributed by atoms with Gasteiger partial charge in [-0.05, 0) is 32.9 Å². The minimum Gasteiger partial charge on any atom is -0.389 e. The van der Waals surface area contributed by atoms with Crippen LogP contribution in [0.5, 0.6) is 0 Å². The zero-order valence-electron chi connectivity index (χ0n) is 10.6. The molecule has 0 saturated heterocycles. The highest BCUT2D eigenvalue weighted by molar-refractivity contribution is 5.95. The van der Waals surface area contributed by atoms with Gasteiger partial charge in [0.05, 0.1) is 5.60 Å². The van der Waals surface area contributed by atoms with E-state index < -0.39 is 5.60 Å². The normalized spacial score (nSPS) is 11.3. The zero-order chi connectivity index (χ0) is 13.1. The van der Waals surface area contributed by atoms with E-state index in [9.17, 15) is 5.11 Å². The Kier molecular flexibility index (Phi) is 4.07. The average Bonchev–Trinajstić information content (AvgIpc) is 2.25.